The molecule has 0 radical (unpaired) electrons. The summed E-state index contributed by atoms with van der Waals surface area (Å²) in [6.45, 7) is 0.234. The second-order valence-electron chi connectivity index (χ2n) is 5.24. The van der Waals surface area contributed by atoms with Crippen molar-refractivity contribution >= 4 is 0 Å². The fourth-order valence-corrected chi connectivity index (χ4v) is 2.85. The van der Waals surface area contributed by atoms with Crippen LogP contribution in [0.3, 0.4) is 0 Å². The number of benzene rings is 2. The van der Waals surface area contributed by atoms with E-state index in [0.717, 1.165) is 24.7 Å². The molecule has 0 spiro atoms. The number of nitrogens with one attached hydrogen (secondary N) is 1. The molecule has 1 unspecified atom stereocenters. The van der Waals surface area contributed by atoms with E-state index in [4.69, 9.17) is 4.74 Å². The molecule has 0 saturated heterocycles. The highest BCUT2D eigenvalue weighted by molar-refractivity contribution is 5.45. The lowest BCUT2D eigenvalue weighted by atomic mass is 10.1. The third kappa shape index (κ3) is 2.76. The molecule has 1 N–H and O–H groups in total. The first kappa shape index (κ1) is 14.0. The zero-order valence-electron chi connectivity index (χ0n) is 11.8. The van der Waals surface area contributed by atoms with E-state index in [1.54, 1.807) is 0 Å². The van der Waals surface area contributed by atoms with Crippen molar-refractivity contribution < 1.29 is 13.5 Å². The SMILES string of the molecule is CNC1CCc2c(OCc3ccc(F)c(F)c3)cccc21. The van der Waals surface area contributed by atoms with Gasteiger partial charge in [-0.05, 0) is 54.8 Å². The minimum atomic E-state index is -0.843. The van der Waals surface area contributed by atoms with Crippen molar-refractivity contribution in [3.05, 3.63) is 64.7 Å². The van der Waals surface area contributed by atoms with Crippen LogP contribution in [0.5, 0.6) is 5.75 Å². The lowest BCUT2D eigenvalue weighted by Gasteiger charge is -2.13. The highest BCUT2D eigenvalue weighted by Crippen LogP contribution is 2.36. The molecule has 0 saturated carbocycles. The van der Waals surface area contributed by atoms with Crippen LogP contribution in [-0.2, 0) is 13.0 Å². The van der Waals surface area contributed by atoms with E-state index in [2.05, 4.69) is 11.4 Å². The van der Waals surface area contributed by atoms with Crippen LogP contribution < -0.4 is 10.1 Å². The van der Waals surface area contributed by atoms with Crippen molar-refractivity contribution in [1.29, 1.82) is 0 Å². The van der Waals surface area contributed by atoms with Gasteiger partial charge < -0.3 is 10.1 Å². The van der Waals surface area contributed by atoms with E-state index in [0.29, 0.717) is 11.6 Å². The fourth-order valence-electron chi connectivity index (χ4n) is 2.85. The molecule has 0 amide bonds. The van der Waals surface area contributed by atoms with Crippen molar-refractivity contribution in [2.75, 3.05) is 7.05 Å². The predicted molar refractivity (Wildman–Crippen MR) is 77.3 cm³/mol. The standard InChI is InChI=1S/C17H17F2NO/c1-20-16-8-6-13-12(16)3-2-4-17(13)21-10-11-5-7-14(18)15(19)9-11/h2-5,7,9,16,20H,6,8,10H2,1H3. The van der Waals surface area contributed by atoms with Crippen molar-refractivity contribution in [3.63, 3.8) is 0 Å². The Morgan fingerprint density at radius 2 is 2.05 bits per heavy atom. The normalized spacial score (nSPS) is 16.8. The third-order valence-electron chi connectivity index (χ3n) is 3.95. The van der Waals surface area contributed by atoms with Gasteiger partial charge in [-0.15, -0.1) is 0 Å². The Labute approximate surface area is 122 Å². The maximum absolute atomic E-state index is 13.2. The van der Waals surface area contributed by atoms with Crippen LogP contribution in [0.15, 0.2) is 36.4 Å². The fraction of sp³-hybridized carbons (Fsp3) is 0.294. The van der Waals surface area contributed by atoms with Crippen LogP contribution in [-0.4, -0.2) is 7.05 Å². The maximum atomic E-state index is 13.2. The molecule has 0 heterocycles. The molecule has 0 fully saturated rings. The largest absolute Gasteiger partial charge is 0.489 e. The van der Waals surface area contributed by atoms with E-state index < -0.39 is 11.6 Å². The molecule has 0 aromatic heterocycles. The summed E-state index contributed by atoms with van der Waals surface area (Å²) in [6.07, 6.45) is 2.02. The molecule has 4 heteroatoms. The second kappa shape index (κ2) is 5.82. The van der Waals surface area contributed by atoms with E-state index in [1.807, 2.05) is 19.2 Å². The Balaban J connectivity index is 1.77. The summed E-state index contributed by atoms with van der Waals surface area (Å²) in [5, 5.41) is 3.29. The first-order chi connectivity index (χ1) is 10.2. The summed E-state index contributed by atoms with van der Waals surface area (Å²) in [5.41, 5.74) is 3.09. The molecule has 21 heavy (non-hydrogen) atoms. The molecule has 3 rings (SSSR count). The lowest BCUT2D eigenvalue weighted by molar-refractivity contribution is 0.302. The average Bonchev–Trinajstić information content (AvgIpc) is 2.92. The van der Waals surface area contributed by atoms with Crippen LogP contribution in [0.1, 0.15) is 29.2 Å². The Hall–Kier alpha value is -1.94. The van der Waals surface area contributed by atoms with Crippen LogP contribution in [0.4, 0.5) is 8.78 Å². The molecule has 2 nitrogen and oxygen atoms in total. The van der Waals surface area contributed by atoms with Crippen molar-refractivity contribution in [2.45, 2.75) is 25.5 Å². The summed E-state index contributed by atoms with van der Waals surface area (Å²) >= 11 is 0. The molecular weight excluding hydrogens is 272 g/mol. The number of fused-ring (bicyclic) bond motifs is 1. The van der Waals surface area contributed by atoms with Crippen LogP contribution >= 0.6 is 0 Å². The zero-order valence-corrected chi connectivity index (χ0v) is 11.8. The van der Waals surface area contributed by atoms with Gasteiger partial charge in [-0.1, -0.05) is 18.2 Å². The molecule has 2 aromatic carbocycles. The molecule has 1 aliphatic rings. The molecule has 1 aliphatic carbocycles. The predicted octanol–water partition coefficient (Wildman–Crippen LogP) is 3.75. The first-order valence-electron chi connectivity index (χ1n) is 7.05. The van der Waals surface area contributed by atoms with Crippen LogP contribution in [0, 0.1) is 11.6 Å². The van der Waals surface area contributed by atoms with Gasteiger partial charge in [0.1, 0.15) is 12.4 Å². The van der Waals surface area contributed by atoms with Gasteiger partial charge >= 0.3 is 0 Å². The highest BCUT2D eigenvalue weighted by atomic mass is 19.2. The summed E-state index contributed by atoms with van der Waals surface area (Å²) < 4.78 is 31.9. The molecular formula is C17H17F2NO. The van der Waals surface area contributed by atoms with E-state index in [-0.39, 0.29) is 6.61 Å². The molecule has 1 atom stereocenters. The second-order valence-corrected chi connectivity index (χ2v) is 5.24. The topological polar surface area (TPSA) is 21.3 Å². The van der Waals surface area contributed by atoms with Crippen LogP contribution in [0.2, 0.25) is 0 Å². The quantitative estimate of drug-likeness (QED) is 0.925. The molecule has 0 bridgehead atoms. The Bertz CT molecular complexity index is 657. The lowest BCUT2D eigenvalue weighted by Crippen LogP contribution is -2.12. The molecule has 110 valence electrons. The highest BCUT2D eigenvalue weighted by Gasteiger charge is 2.23. The van der Waals surface area contributed by atoms with E-state index >= 15 is 0 Å². The summed E-state index contributed by atoms with van der Waals surface area (Å²) in [6, 6.07) is 10.2. The smallest absolute Gasteiger partial charge is 0.159 e. The van der Waals surface area contributed by atoms with E-state index in [1.165, 1.54) is 23.3 Å². The minimum Gasteiger partial charge on any atom is -0.489 e. The maximum Gasteiger partial charge on any atom is 0.159 e. The van der Waals surface area contributed by atoms with Gasteiger partial charge in [-0.25, -0.2) is 8.78 Å². The number of rotatable bonds is 4. The Morgan fingerprint density at radius 1 is 1.19 bits per heavy atom. The first-order valence-corrected chi connectivity index (χ1v) is 7.05. The zero-order chi connectivity index (χ0) is 14.8. The monoisotopic (exact) mass is 289 g/mol. The van der Waals surface area contributed by atoms with E-state index in [9.17, 15) is 8.78 Å². The molecule has 2 aromatic rings. The van der Waals surface area contributed by atoms with Gasteiger partial charge in [0.25, 0.3) is 0 Å². The summed E-state index contributed by atoms with van der Waals surface area (Å²) in [7, 11) is 1.95. The number of ether oxygens (including phenoxy) is 1. The summed E-state index contributed by atoms with van der Waals surface area (Å²) in [5.74, 6) is -0.851. The van der Waals surface area contributed by atoms with Gasteiger partial charge in [-0.2, -0.15) is 0 Å². The van der Waals surface area contributed by atoms with Crippen molar-refractivity contribution in [3.8, 4) is 5.75 Å². The van der Waals surface area contributed by atoms with Gasteiger partial charge in [0.05, 0.1) is 0 Å². The average molecular weight is 289 g/mol. The van der Waals surface area contributed by atoms with Gasteiger partial charge in [0.2, 0.25) is 0 Å². The molecule has 0 aliphatic heterocycles. The van der Waals surface area contributed by atoms with Crippen molar-refractivity contribution in [1.82, 2.24) is 5.32 Å². The Morgan fingerprint density at radius 3 is 2.81 bits per heavy atom. The van der Waals surface area contributed by atoms with Crippen LogP contribution in [0.25, 0.3) is 0 Å². The number of hydrogen-bond acceptors (Lipinski definition) is 2. The van der Waals surface area contributed by atoms with Crippen molar-refractivity contribution in [2.24, 2.45) is 0 Å². The number of halogens is 2. The summed E-state index contributed by atoms with van der Waals surface area (Å²) in [4.78, 5) is 0. The third-order valence-corrected chi connectivity index (χ3v) is 3.95. The van der Waals surface area contributed by atoms with Gasteiger partial charge in [-0.3, -0.25) is 0 Å². The van der Waals surface area contributed by atoms with Gasteiger partial charge in [0, 0.05) is 6.04 Å². The minimum absolute atomic E-state index is 0.234. The number of hydrogen-bond donors (Lipinski definition) is 1. The Kier molecular flexibility index (Phi) is 3.88. The van der Waals surface area contributed by atoms with Gasteiger partial charge in [0.15, 0.2) is 11.6 Å².